The Kier molecular flexibility index (Phi) is 3.70. The minimum atomic E-state index is -0.637. The molecule has 7 heteroatoms. The van der Waals surface area contributed by atoms with Crippen LogP contribution in [0.1, 0.15) is 0 Å². The Balaban J connectivity index is 3.11. The van der Waals surface area contributed by atoms with Crippen LogP contribution in [0.25, 0.3) is 0 Å². The molecule has 0 aromatic heterocycles. The van der Waals surface area contributed by atoms with E-state index in [1.165, 1.54) is 12.1 Å². The first kappa shape index (κ1) is 11.5. The highest BCUT2D eigenvalue weighted by molar-refractivity contribution is 6.35. The van der Waals surface area contributed by atoms with Crippen LogP contribution in [-0.2, 0) is 0 Å². The van der Waals surface area contributed by atoms with Gasteiger partial charge in [0, 0.05) is 6.54 Å². The van der Waals surface area contributed by atoms with Gasteiger partial charge in [-0.2, -0.15) is 0 Å². The van der Waals surface area contributed by atoms with Crippen molar-refractivity contribution in [3.8, 4) is 0 Å². The highest BCUT2D eigenvalue weighted by atomic mass is 35.5. The predicted octanol–water partition coefficient (Wildman–Crippen LogP) is 1.23. The smallest absolute Gasteiger partial charge is 0.312 e. The number of hydrogen-bond acceptors (Lipinski definition) is 5. The van der Waals surface area contributed by atoms with Gasteiger partial charge in [-0.25, -0.2) is 0 Å². The fourth-order valence-electron chi connectivity index (χ4n) is 1.09. The Bertz CT molecular complexity index is 384. The number of nitrogens with one attached hydrogen (secondary N) is 1. The lowest BCUT2D eigenvalue weighted by Gasteiger charge is -2.07. The fourth-order valence-corrected chi connectivity index (χ4v) is 1.40. The molecule has 0 saturated carbocycles. The van der Waals surface area contributed by atoms with E-state index in [1.54, 1.807) is 0 Å². The molecule has 0 aliphatic rings. The number of hydrogen-bond donors (Lipinski definition) is 3. The molecule has 0 fully saturated rings. The van der Waals surface area contributed by atoms with Gasteiger partial charge < -0.3 is 16.2 Å². The van der Waals surface area contributed by atoms with E-state index in [0.29, 0.717) is 5.69 Å². The molecule has 0 heterocycles. The van der Waals surface area contributed by atoms with E-state index >= 15 is 0 Å². The van der Waals surface area contributed by atoms with Gasteiger partial charge in [0.15, 0.2) is 0 Å². The lowest BCUT2D eigenvalue weighted by Crippen LogP contribution is -2.07. The molecule has 0 atom stereocenters. The van der Waals surface area contributed by atoms with Crippen LogP contribution in [0.2, 0.25) is 5.02 Å². The predicted molar refractivity (Wildman–Crippen MR) is 58.1 cm³/mol. The summed E-state index contributed by atoms with van der Waals surface area (Å²) in [6.45, 7) is 0.176. The van der Waals surface area contributed by atoms with Crippen molar-refractivity contribution in [1.82, 2.24) is 0 Å². The summed E-state index contributed by atoms with van der Waals surface area (Å²) in [5, 5.41) is 21.9. The van der Waals surface area contributed by atoms with Crippen molar-refractivity contribution in [3.63, 3.8) is 0 Å². The number of nitrogen functional groups attached to an aromatic ring is 1. The third kappa shape index (κ3) is 2.48. The second-order valence-corrected chi connectivity index (χ2v) is 3.15. The van der Waals surface area contributed by atoms with E-state index in [0.717, 1.165) is 0 Å². The van der Waals surface area contributed by atoms with Crippen LogP contribution in [0.3, 0.4) is 0 Å². The molecule has 0 bridgehead atoms. The van der Waals surface area contributed by atoms with Crippen molar-refractivity contribution < 1.29 is 10.0 Å². The lowest BCUT2D eigenvalue weighted by molar-refractivity contribution is -0.383. The molecule has 1 rings (SSSR count). The Hall–Kier alpha value is -1.53. The SMILES string of the molecule is Nc1ccc(NCCO)c(Cl)c1[N+](=O)[O-]. The van der Waals surface area contributed by atoms with Gasteiger partial charge in [0.2, 0.25) is 0 Å². The molecule has 4 N–H and O–H groups in total. The molecule has 0 aliphatic heterocycles. The quantitative estimate of drug-likeness (QED) is 0.411. The minimum Gasteiger partial charge on any atom is -0.395 e. The number of halogens is 1. The van der Waals surface area contributed by atoms with Gasteiger partial charge in [-0.3, -0.25) is 10.1 Å². The number of aliphatic hydroxyl groups is 1. The van der Waals surface area contributed by atoms with Crippen molar-refractivity contribution in [2.45, 2.75) is 0 Å². The van der Waals surface area contributed by atoms with E-state index in [1.807, 2.05) is 0 Å². The summed E-state index contributed by atoms with van der Waals surface area (Å²) in [7, 11) is 0. The summed E-state index contributed by atoms with van der Waals surface area (Å²) in [4.78, 5) is 10.00. The molecule has 15 heavy (non-hydrogen) atoms. The van der Waals surface area contributed by atoms with Crippen LogP contribution >= 0.6 is 11.6 Å². The summed E-state index contributed by atoms with van der Waals surface area (Å²) in [5.41, 5.74) is 5.49. The topological polar surface area (TPSA) is 101 Å². The molecule has 82 valence electrons. The molecular weight excluding hydrogens is 222 g/mol. The summed E-state index contributed by atoms with van der Waals surface area (Å²) in [6.07, 6.45) is 0. The number of benzene rings is 1. The normalized spacial score (nSPS) is 10.0. The van der Waals surface area contributed by atoms with Crippen LogP contribution in [0, 0.1) is 10.1 Å². The van der Waals surface area contributed by atoms with Crippen molar-refractivity contribution in [2.75, 3.05) is 24.2 Å². The average molecular weight is 232 g/mol. The summed E-state index contributed by atoms with van der Waals surface area (Å²) >= 11 is 5.78. The fraction of sp³-hybridized carbons (Fsp3) is 0.250. The summed E-state index contributed by atoms with van der Waals surface area (Å²) in [6, 6.07) is 2.92. The molecule has 0 saturated heterocycles. The zero-order valence-electron chi connectivity index (χ0n) is 7.74. The molecule has 0 radical (unpaired) electrons. The van der Waals surface area contributed by atoms with E-state index in [2.05, 4.69) is 5.32 Å². The van der Waals surface area contributed by atoms with Gasteiger partial charge in [-0.05, 0) is 12.1 Å². The van der Waals surface area contributed by atoms with Crippen LogP contribution in [0.4, 0.5) is 17.1 Å². The highest BCUT2D eigenvalue weighted by Gasteiger charge is 2.19. The number of nitrogens with zero attached hydrogens (tertiary/aromatic N) is 1. The molecule has 6 nitrogen and oxygen atoms in total. The molecule has 0 spiro atoms. The molecule has 1 aromatic rings. The number of nitro benzene ring substituents is 1. The number of anilines is 2. The zero-order chi connectivity index (χ0) is 11.4. The van der Waals surface area contributed by atoms with E-state index < -0.39 is 4.92 Å². The maximum atomic E-state index is 10.6. The maximum Gasteiger partial charge on any atom is 0.312 e. The number of nitrogens with two attached hydrogens (primary N) is 1. The third-order valence-corrected chi connectivity index (χ3v) is 2.14. The lowest BCUT2D eigenvalue weighted by atomic mass is 10.2. The van der Waals surface area contributed by atoms with Crippen LogP contribution < -0.4 is 11.1 Å². The summed E-state index contributed by atoms with van der Waals surface area (Å²) < 4.78 is 0. The average Bonchev–Trinajstić information content (AvgIpc) is 2.16. The van der Waals surface area contributed by atoms with Gasteiger partial charge >= 0.3 is 5.69 Å². The van der Waals surface area contributed by atoms with Crippen LogP contribution in [0.5, 0.6) is 0 Å². The molecule has 0 aliphatic carbocycles. The maximum absolute atomic E-state index is 10.6. The molecule has 0 unspecified atom stereocenters. The van der Waals surface area contributed by atoms with Crippen LogP contribution in [0.15, 0.2) is 12.1 Å². The first-order chi connectivity index (χ1) is 7.07. The van der Waals surface area contributed by atoms with Crippen molar-refractivity contribution in [2.24, 2.45) is 0 Å². The Morgan fingerprint density at radius 2 is 2.27 bits per heavy atom. The van der Waals surface area contributed by atoms with Crippen molar-refractivity contribution >= 4 is 28.7 Å². The van der Waals surface area contributed by atoms with Gasteiger partial charge in [-0.1, -0.05) is 11.6 Å². The highest BCUT2D eigenvalue weighted by Crippen LogP contribution is 2.36. The first-order valence-electron chi connectivity index (χ1n) is 4.15. The standard InChI is InChI=1S/C8H10ClN3O3/c9-7-6(11-3-4-13)2-1-5(10)8(7)12(14)15/h1-2,11,13H,3-4,10H2. The van der Waals surface area contributed by atoms with E-state index in [4.69, 9.17) is 22.4 Å². The second kappa shape index (κ2) is 4.81. The first-order valence-corrected chi connectivity index (χ1v) is 4.52. The zero-order valence-corrected chi connectivity index (χ0v) is 8.49. The monoisotopic (exact) mass is 231 g/mol. The summed E-state index contributed by atoms with van der Waals surface area (Å²) in [5.74, 6) is 0. The van der Waals surface area contributed by atoms with Crippen LogP contribution in [-0.4, -0.2) is 23.2 Å². The van der Waals surface area contributed by atoms with Gasteiger partial charge in [0.1, 0.15) is 10.7 Å². The number of aliphatic hydroxyl groups excluding tert-OH is 1. The second-order valence-electron chi connectivity index (χ2n) is 2.77. The third-order valence-electron chi connectivity index (χ3n) is 1.76. The van der Waals surface area contributed by atoms with Gasteiger partial charge in [0.25, 0.3) is 0 Å². The van der Waals surface area contributed by atoms with Crippen molar-refractivity contribution in [3.05, 3.63) is 27.3 Å². The Morgan fingerprint density at radius 3 is 2.80 bits per heavy atom. The number of rotatable bonds is 4. The minimum absolute atomic E-state index is 0.0135. The van der Waals surface area contributed by atoms with E-state index in [9.17, 15) is 10.1 Å². The van der Waals surface area contributed by atoms with Gasteiger partial charge in [-0.15, -0.1) is 0 Å². The number of nitro groups is 1. The Morgan fingerprint density at radius 1 is 1.60 bits per heavy atom. The Labute approximate surface area is 90.8 Å². The van der Waals surface area contributed by atoms with E-state index in [-0.39, 0.29) is 29.5 Å². The largest absolute Gasteiger partial charge is 0.395 e. The molecule has 0 amide bonds. The molecule has 1 aromatic carbocycles. The van der Waals surface area contributed by atoms with Crippen molar-refractivity contribution in [1.29, 1.82) is 0 Å². The van der Waals surface area contributed by atoms with Gasteiger partial charge in [0.05, 0.1) is 17.2 Å². The molecular formula is C8H10ClN3O3.